The van der Waals surface area contributed by atoms with Gasteiger partial charge in [-0.25, -0.2) is 0 Å². The first-order chi connectivity index (χ1) is 10.4. The fraction of sp³-hybridized carbons (Fsp3) is 0.235. The number of carbonyl (C=O) groups is 1. The van der Waals surface area contributed by atoms with Gasteiger partial charge < -0.3 is 10.1 Å². The summed E-state index contributed by atoms with van der Waals surface area (Å²) < 4.78 is 5.77. The number of aryl methyl sites for hydroxylation is 1. The normalized spacial score (nSPS) is 10.6. The van der Waals surface area contributed by atoms with Gasteiger partial charge in [0.05, 0.1) is 5.02 Å². The van der Waals surface area contributed by atoms with E-state index in [1.54, 1.807) is 36.4 Å². The van der Waals surface area contributed by atoms with Crippen LogP contribution >= 0.6 is 23.2 Å². The quantitative estimate of drug-likeness (QED) is 0.829. The summed E-state index contributed by atoms with van der Waals surface area (Å²) in [6, 6.07) is 10.4. The minimum atomic E-state index is -0.140. The Bertz CT molecular complexity index is 699. The average Bonchev–Trinajstić information content (AvgIpc) is 2.44. The van der Waals surface area contributed by atoms with E-state index in [9.17, 15) is 4.79 Å². The number of benzene rings is 2. The van der Waals surface area contributed by atoms with Gasteiger partial charge >= 0.3 is 0 Å². The zero-order valence-corrected chi connectivity index (χ0v) is 14.1. The van der Waals surface area contributed by atoms with E-state index in [-0.39, 0.29) is 11.9 Å². The minimum Gasteiger partial charge on any atom is -0.456 e. The lowest BCUT2D eigenvalue weighted by molar-refractivity contribution is 0.0943. The van der Waals surface area contributed by atoms with Crippen molar-refractivity contribution >= 4 is 29.1 Å². The third-order valence-corrected chi connectivity index (χ3v) is 3.66. The lowest BCUT2D eigenvalue weighted by Gasteiger charge is -2.12. The molecular weight excluding hydrogens is 321 g/mol. The zero-order valence-electron chi connectivity index (χ0n) is 12.6. The van der Waals surface area contributed by atoms with Crippen molar-refractivity contribution in [2.45, 2.75) is 26.8 Å². The van der Waals surface area contributed by atoms with Crippen LogP contribution < -0.4 is 10.1 Å². The van der Waals surface area contributed by atoms with Crippen molar-refractivity contribution in [2.24, 2.45) is 0 Å². The predicted octanol–water partition coefficient (Wildman–Crippen LogP) is 5.23. The molecule has 0 unspecified atom stereocenters. The summed E-state index contributed by atoms with van der Waals surface area (Å²) in [6.45, 7) is 5.70. The number of ether oxygens (including phenoxy) is 1. The van der Waals surface area contributed by atoms with Crippen LogP contribution in [0.1, 0.15) is 29.8 Å². The molecule has 0 saturated heterocycles. The molecule has 0 spiro atoms. The van der Waals surface area contributed by atoms with Gasteiger partial charge in [0.2, 0.25) is 0 Å². The number of halogens is 2. The summed E-state index contributed by atoms with van der Waals surface area (Å²) >= 11 is 12.1. The van der Waals surface area contributed by atoms with Crippen molar-refractivity contribution in [1.29, 1.82) is 0 Å². The second kappa shape index (κ2) is 7.03. The lowest BCUT2D eigenvalue weighted by atomic mass is 10.2. The molecule has 5 heteroatoms. The predicted molar refractivity (Wildman–Crippen MR) is 90.3 cm³/mol. The van der Waals surface area contributed by atoms with Crippen molar-refractivity contribution in [1.82, 2.24) is 5.32 Å². The Labute approximate surface area is 140 Å². The molecule has 0 fully saturated rings. The molecule has 22 heavy (non-hydrogen) atoms. The molecule has 0 radical (unpaired) electrons. The molecular formula is C17H17Cl2NO2. The van der Waals surface area contributed by atoms with Crippen LogP contribution in [0.25, 0.3) is 0 Å². The zero-order chi connectivity index (χ0) is 16.3. The van der Waals surface area contributed by atoms with Crippen LogP contribution in [0.4, 0.5) is 0 Å². The maximum Gasteiger partial charge on any atom is 0.251 e. The SMILES string of the molecule is Cc1cc(Oc2cccc(C(=O)NC(C)C)c2)c(Cl)cc1Cl. The fourth-order valence-corrected chi connectivity index (χ4v) is 2.30. The van der Waals surface area contributed by atoms with Crippen molar-refractivity contribution in [2.75, 3.05) is 0 Å². The molecule has 2 rings (SSSR count). The van der Waals surface area contributed by atoms with Crippen LogP contribution in [0.2, 0.25) is 10.0 Å². The van der Waals surface area contributed by atoms with Gasteiger partial charge in [-0.1, -0.05) is 29.3 Å². The highest BCUT2D eigenvalue weighted by Gasteiger charge is 2.10. The van der Waals surface area contributed by atoms with Crippen LogP contribution in [-0.2, 0) is 0 Å². The number of carbonyl (C=O) groups excluding carboxylic acids is 1. The highest BCUT2D eigenvalue weighted by molar-refractivity contribution is 6.36. The Hall–Kier alpha value is -1.71. The van der Waals surface area contributed by atoms with Gasteiger partial charge in [0.15, 0.2) is 0 Å². The van der Waals surface area contributed by atoms with Gasteiger partial charge in [-0.3, -0.25) is 4.79 Å². The summed E-state index contributed by atoms with van der Waals surface area (Å²) in [5.41, 5.74) is 1.41. The number of amides is 1. The highest BCUT2D eigenvalue weighted by Crippen LogP contribution is 2.34. The van der Waals surface area contributed by atoms with E-state index in [4.69, 9.17) is 27.9 Å². The third kappa shape index (κ3) is 4.15. The number of hydrogen-bond acceptors (Lipinski definition) is 2. The number of nitrogens with one attached hydrogen (secondary N) is 1. The number of rotatable bonds is 4. The average molecular weight is 338 g/mol. The molecule has 0 aromatic heterocycles. The molecule has 0 atom stereocenters. The Morgan fingerprint density at radius 3 is 2.55 bits per heavy atom. The lowest BCUT2D eigenvalue weighted by Crippen LogP contribution is -2.29. The minimum absolute atomic E-state index is 0.0745. The molecule has 2 aromatic carbocycles. The van der Waals surface area contributed by atoms with Crippen LogP contribution in [0.5, 0.6) is 11.5 Å². The summed E-state index contributed by atoms with van der Waals surface area (Å²) in [5.74, 6) is 0.906. The van der Waals surface area contributed by atoms with E-state index in [1.807, 2.05) is 20.8 Å². The standard InChI is InChI=1S/C17H17Cl2NO2/c1-10(2)20-17(21)12-5-4-6-13(8-12)22-16-7-11(3)14(18)9-15(16)19/h4-10H,1-3H3,(H,20,21). The molecule has 0 aliphatic heterocycles. The van der Waals surface area contributed by atoms with Crippen LogP contribution in [-0.4, -0.2) is 11.9 Å². The van der Waals surface area contributed by atoms with Gasteiger partial charge in [0, 0.05) is 16.6 Å². The van der Waals surface area contributed by atoms with Gasteiger partial charge in [0.1, 0.15) is 11.5 Å². The van der Waals surface area contributed by atoms with Crippen molar-refractivity contribution in [3.63, 3.8) is 0 Å². The number of hydrogen-bond donors (Lipinski definition) is 1. The van der Waals surface area contributed by atoms with Crippen molar-refractivity contribution in [3.05, 3.63) is 57.6 Å². The molecule has 116 valence electrons. The van der Waals surface area contributed by atoms with E-state index in [1.165, 1.54) is 0 Å². The summed E-state index contributed by atoms with van der Waals surface area (Å²) in [5, 5.41) is 3.85. The molecule has 2 aromatic rings. The van der Waals surface area contributed by atoms with E-state index in [0.29, 0.717) is 27.1 Å². The molecule has 0 aliphatic rings. The van der Waals surface area contributed by atoms with Crippen LogP contribution in [0.15, 0.2) is 36.4 Å². The Kier molecular flexibility index (Phi) is 5.33. The van der Waals surface area contributed by atoms with Gasteiger partial charge in [0.25, 0.3) is 5.91 Å². The van der Waals surface area contributed by atoms with Crippen molar-refractivity contribution < 1.29 is 9.53 Å². The van der Waals surface area contributed by atoms with Crippen molar-refractivity contribution in [3.8, 4) is 11.5 Å². The maximum absolute atomic E-state index is 12.0. The summed E-state index contributed by atoms with van der Waals surface area (Å²) in [7, 11) is 0. The van der Waals surface area contributed by atoms with E-state index in [0.717, 1.165) is 5.56 Å². The highest BCUT2D eigenvalue weighted by atomic mass is 35.5. The van der Waals surface area contributed by atoms with Crippen LogP contribution in [0.3, 0.4) is 0 Å². The molecule has 0 saturated carbocycles. The molecule has 0 aliphatic carbocycles. The first-order valence-corrected chi connectivity index (χ1v) is 7.67. The topological polar surface area (TPSA) is 38.3 Å². The maximum atomic E-state index is 12.0. The summed E-state index contributed by atoms with van der Waals surface area (Å²) in [6.07, 6.45) is 0. The second-order valence-electron chi connectivity index (χ2n) is 5.29. The third-order valence-electron chi connectivity index (χ3n) is 2.96. The summed E-state index contributed by atoms with van der Waals surface area (Å²) in [4.78, 5) is 12.0. The second-order valence-corrected chi connectivity index (χ2v) is 6.10. The Morgan fingerprint density at radius 1 is 1.14 bits per heavy atom. The molecule has 0 bridgehead atoms. The molecule has 0 heterocycles. The monoisotopic (exact) mass is 337 g/mol. The van der Waals surface area contributed by atoms with E-state index < -0.39 is 0 Å². The first kappa shape index (κ1) is 16.7. The smallest absolute Gasteiger partial charge is 0.251 e. The fourth-order valence-electron chi connectivity index (χ4n) is 1.88. The molecule has 1 N–H and O–H groups in total. The Balaban J connectivity index is 2.24. The molecule has 1 amide bonds. The first-order valence-electron chi connectivity index (χ1n) is 6.91. The van der Waals surface area contributed by atoms with E-state index >= 15 is 0 Å². The largest absolute Gasteiger partial charge is 0.456 e. The molecule has 3 nitrogen and oxygen atoms in total. The van der Waals surface area contributed by atoms with Gasteiger partial charge in [-0.15, -0.1) is 0 Å². The van der Waals surface area contributed by atoms with Crippen LogP contribution in [0, 0.1) is 6.92 Å². The van der Waals surface area contributed by atoms with Gasteiger partial charge in [-0.2, -0.15) is 0 Å². The van der Waals surface area contributed by atoms with Gasteiger partial charge in [-0.05, 0) is 56.7 Å². The Morgan fingerprint density at radius 2 is 1.86 bits per heavy atom. The van der Waals surface area contributed by atoms with E-state index in [2.05, 4.69) is 5.32 Å².